The van der Waals surface area contributed by atoms with Crippen LogP contribution >= 0.6 is 0 Å². The predicted molar refractivity (Wildman–Crippen MR) is 68.8 cm³/mol. The van der Waals surface area contributed by atoms with Crippen LogP contribution in [0.25, 0.3) is 0 Å². The van der Waals surface area contributed by atoms with Crippen molar-refractivity contribution in [1.82, 2.24) is 15.3 Å². The number of H-pyrrole nitrogens is 1. The summed E-state index contributed by atoms with van der Waals surface area (Å²) >= 11 is 0. The van der Waals surface area contributed by atoms with E-state index in [4.69, 9.17) is 0 Å². The lowest BCUT2D eigenvalue weighted by Crippen LogP contribution is -2.25. The van der Waals surface area contributed by atoms with Gasteiger partial charge in [0, 0.05) is 24.7 Å². The minimum absolute atomic E-state index is 0.552. The molecule has 0 unspecified atom stereocenters. The van der Waals surface area contributed by atoms with E-state index in [1.165, 1.54) is 17.8 Å². The van der Waals surface area contributed by atoms with Gasteiger partial charge < -0.3 is 10.3 Å². The van der Waals surface area contributed by atoms with E-state index in [1.807, 2.05) is 0 Å². The van der Waals surface area contributed by atoms with Crippen LogP contribution in [-0.2, 0) is 19.3 Å². The number of aromatic amines is 1. The van der Waals surface area contributed by atoms with Gasteiger partial charge in [-0.15, -0.1) is 0 Å². The number of nitrogens with one attached hydrogen (secondary N) is 2. The Morgan fingerprint density at radius 2 is 2.00 bits per heavy atom. The van der Waals surface area contributed by atoms with Gasteiger partial charge in [-0.2, -0.15) is 0 Å². The fourth-order valence-corrected chi connectivity index (χ4v) is 1.85. The second kappa shape index (κ2) is 6.69. The molecular formula is C13H25N3. The largest absolute Gasteiger partial charge is 0.346 e. The lowest BCUT2D eigenvalue weighted by atomic mass is 10.2. The van der Waals surface area contributed by atoms with Crippen molar-refractivity contribution in [2.24, 2.45) is 0 Å². The molecule has 0 aromatic carbocycles. The highest BCUT2D eigenvalue weighted by Crippen LogP contribution is 2.09. The molecule has 16 heavy (non-hydrogen) atoms. The van der Waals surface area contributed by atoms with Crippen molar-refractivity contribution < 1.29 is 0 Å². The highest BCUT2D eigenvalue weighted by molar-refractivity contribution is 5.15. The zero-order chi connectivity index (χ0) is 12.0. The van der Waals surface area contributed by atoms with Crippen LogP contribution in [0.4, 0.5) is 0 Å². The van der Waals surface area contributed by atoms with Gasteiger partial charge in [0.1, 0.15) is 5.82 Å². The summed E-state index contributed by atoms with van der Waals surface area (Å²) in [5.74, 6) is 1.13. The summed E-state index contributed by atoms with van der Waals surface area (Å²) in [7, 11) is 0. The summed E-state index contributed by atoms with van der Waals surface area (Å²) in [6, 6.07) is 0.552. The molecule has 0 aliphatic carbocycles. The van der Waals surface area contributed by atoms with Crippen molar-refractivity contribution in [1.29, 1.82) is 0 Å². The Balaban J connectivity index is 2.53. The SMILES string of the molecule is CCCc1[nH]c(CCNC(C)C)nc1CC. The highest BCUT2D eigenvalue weighted by Gasteiger charge is 2.07. The van der Waals surface area contributed by atoms with Crippen LogP contribution in [0.3, 0.4) is 0 Å². The number of nitrogens with zero attached hydrogens (tertiary/aromatic N) is 1. The van der Waals surface area contributed by atoms with E-state index in [1.54, 1.807) is 0 Å². The minimum atomic E-state index is 0.552. The highest BCUT2D eigenvalue weighted by atomic mass is 15.0. The fourth-order valence-electron chi connectivity index (χ4n) is 1.85. The standard InChI is InChI=1S/C13H25N3/c1-5-7-12-11(6-2)15-13(16-12)8-9-14-10(3)4/h10,14H,5-9H2,1-4H3,(H,15,16). The normalized spacial score (nSPS) is 11.3. The van der Waals surface area contributed by atoms with Crippen LogP contribution in [0, 0.1) is 0 Å². The molecule has 0 atom stereocenters. The number of rotatable bonds is 7. The molecule has 0 saturated heterocycles. The van der Waals surface area contributed by atoms with Gasteiger partial charge in [0.2, 0.25) is 0 Å². The van der Waals surface area contributed by atoms with Gasteiger partial charge in [-0.25, -0.2) is 4.98 Å². The predicted octanol–water partition coefficient (Wildman–Crippen LogP) is 2.47. The first-order chi connectivity index (χ1) is 7.67. The van der Waals surface area contributed by atoms with Gasteiger partial charge in [0.25, 0.3) is 0 Å². The van der Waals surface area contributed by atoms with Crippen molar-refractivity contribution in [3.05, 3.63) is 17.2 Å². The zero-order valence-electron chi connectivity index (χ0n) is 11.1. The molecule has 0 saturated carbocycles. The molecule has 1 aromatic rings. The Morgan fingerprint density at radius 1 is 1.25 bits per heavy atom. The molecule has 0 amide bonds. The summed E-state index contributed by atoms with van der Waals surface area (Å²) < 4.78 is 0. The first-order valence-corrected chi connectivity index (χ1v) is 6.47. The monoisotopic (exact) mass is 223 g/mol. The van der Waals surface area contributed by atoms with E-state index in [0.29, 0.717) is 6.04 Å². The van der Waals surface area contributed by atoms with Crippen LogP contribution in [0.5, 0.6) is 0 Å². The summed E-state index contributed by atoms with van der Waals surface area (Å²) in [6.07, 6.45) is 4.32. The number of imidazole rings is 1. The lowest BCUT2D eigenvalue weighted by molar-refractivity contribution is 0.584. The van der Waals surface area contributed by atoms with E-state index < -0.39 is 0 Å². The molecular weight excluding hydrogens is 198 g/mol. The van der Waals surface area contributed by atoms with Crippen LogP contribution < -0.4 is 5.32 Å². The first-order valence-electron chi connectivity index (χ1n) is 6.47. The van der Waals surface area contributed by atoms with Crippen molar-refractivity contribution >= 4 is 0 Å². The molecule has 92 valence electrons. The van der Waals surface area contributed by atoms with Crippen LogP contribution in [-0.4, -0.2) is 22.6 Å². The van der Waals surface area contributed by atoms with Gasteiger partial charge in [0.15, 0.2) is 0 Å². The second-order valence-electron chi connectivity index (χ2n) is 4.57. The maximum atomic E-state index is 4.65. The number of aromatic nitrogens is 2. The van der Waals surface area contributed by atoms with Gasteiger partial charge in [0.05, 0.1) is 5.69 Å². The average molecular weight is 223 g/mol. The van der Waals surface area contributed by atoms with E-state index in [9.17, 15) is 0 Å². The molecule has 0 radical (unpaired) electrons. The van der Waals surface area contributed by atoms with Gasteiger partial charge in [-0.3, -0.25) is 0 Å². The quantitative estimate of drug-likeness (QED) is 0.745. The molecule has 0 aliphatic rings. The van der Waals surface area contributed by atoms with Gasteiger partial charge in [-0.1, -0.05) is 34.1 Å². The maximum absolute atomic E-state index is 4.65. The molecule has 1 heterocycles. The third-order valence-corrected chi connectivity index (χ3v) is 2.66. The Kier molecular flexibility index (Phi) is 5.53. The molecule has 0 fully saturated rings. The van der Waals surface area contributed by atoms with E-state index in [-0.39, 0.29) is 0 Å². The zero-order valence-corrected chi connectivity index (χ0v) is 11.1. The summed E-state index contributed by atoms with van der Waals surface area (Å²) in [5.41, 5.74) is 2.59. The number of hydrogen-bond donors (Lipinski definition) is 2. The summed E-state index contributed by atoms with van der Waals surface area (Å²) in [5, 5.41) is 3.41. The average Bonchev–Trinajstić information content (AvgIpc) is 2.61. The number of hydrogen-bond acceptors (Lipinski definition) is 2. The second-order valence-corrected chi connectivity index (χ2v) is 4.57. The molecule has 1 aromatic heterocycles. The van der Waals surface area contributed by atoms with Crippen LogP contribution in [0.15, 0.2) is 0 Å². The topological polar surface area (TPSA) is 40.7 Å². The molecule has 2 N–H and O–H groups in total. The lowest BCUT2D eigenvalue weighted by Gasteiger charge is -2.05. The summed E-state index contributed by atoms with van der Waals surface area (Å²) in [6.45, 7) is 9.72. The Hall–Kier alpha value is -0.830. The van der Waals surface area contributed by atoms with Crippen molar-refractivity contribution in [3.63, 3.8) is 0 Å². The van der Waals surface area contributed by atoms with Gasteiger partial charge in [-0.05, 0) is 12.8 Å². The Bertz CT molecular complexity index is 302. The Labute approximate surface area is 99.1 Å². The van der Waals surface area contributed by atoms with Crippen molar-refractivity contribution in [3.8, 4) is 0 Å². The molecule has 0 bridgehead atoms. The maximum Gasteiger partial charge on any atom is 0.107 e. The molecule has 3 nitrogen and oxygen atoms in total. The fraction of sp³-hybridized carbons (Fsp3) is 0.769. The molecule has 0 aliphatic heterocycles. The third-order valence-electron chi connectivity index (χ3n) is 2.66. The van der Waals surface area contributed by atoms with Gasteiger partial charge >= 0.3 is 0 Å². The van der Waals surface area contributed by atoms with E-state index >= 15 is 0 Å². The van der Waals surface area contributed by atoms with Crippen molar-refractivity contribution in [2.75, 3.05) is 6.54 Å². The minimum Gasteiger partial charge on any atom is -0.346 e. The van der Waals surface area contributed by atoms with Crippen LogP contribution in [0.2, 0.25) is 0 Å². The molecule has 0 spiro atoms. The first kappa shape index (κ1) is 13.2. The van der Waals surface area contributed by atoms with Crippen molar-refractivity contribution in [2.45, 2.75) is 59.4 Å². The smallest absolute Gasteiger partial charge is 0.107 e. The number of aryl methyl sites for hydroxylation is 2. The molecule has 3 heteroatoms. The molecule has 1 rings (SSSR count). The third kappa shape index (κ3) is 3.97. The van der Waals surface area contributed by atoms with E-state index in [0.717, 1.165) is 31.6 Å². The summed E-state index contributed by atoms with van der Waals surface area (Å²) in [4.78, 5) is 8.10. The van der Waals surface area contributed by atoms with Crippen LogP contribution in [0.1, 0.15) is 51.3 Å². The Morgan fingerprint density at radius 3 is 2.56 bits per heavy atom. The van der Waals surface area contributed by atoms with E-state index in [2.05, 4.69) is 43.0 Å².